The number of rotatable bonds is 2. The van der Waals surface area contributed by atoms with Crippen molar-refractivity contribution < 1.29 is 23.5 Å². The fourth-order valence-electron chi connectivity index (χ4n) is 2.48. The summed E-state index contributed by atoms with van der Waals surface area (Å²) in [5.41, 5.74) is -1.38. The van der Waals surface area contributed by atoms with Crippen LogP contribution in [0.1, 0.15) is 37.0 Å². The summed E-state index contributed by atoms with van der Waals surface area (Å²) >= 11 is 0. The summed E-state index contributed by atoms with van der Waals surface area (Å²) in [6.45, 7) is 4.32. The van der Waals surface area contributed by atoms with E-state index >= 15 is 0 Å². The van der Waals surface area contributed by atoms with Crippen LogP contribution in [0.2, 0.25) is 0 Å². The number of carbonyl (C=O) groups excluding carboxylic acids is 1. The predicted molar refractivity (Wildman–Crippen MR) is 72.4 cm³/mol. The van der Waals surface area contributed by atoms with Crippen LogP contribution in [0.4, 0.5) is 19.3 Å². The minimum Gasteiger partial charge on any atom is -0.478 e. The quantitative estimate of drug-likeness (QED) is 0.881. The lowest BCUT2D eigenvalue weighted by Crippen LogP contribution is -2.45. The van der Waals surface area contributed by atoms with E-state index in [9.17, 15) is 18.4 Å². The molecule has 0 saturated carbocycles. The number of carbonyl (C=O) groups is 2. The molecule has 1 saturated heterocycles. The molecule has 1 fully saturated rings. The van der Waals surface area contributed by atoms with Gasteiger partial charge in [0, 0.05) is 18.2 Å². The Kier molecular flexibility index (Phi) is 3.85. The average Bonchev–Trinajstić information content (AvgIpc) is 2.71. The third kappa shape index (κ3) is 2.96. The van der Waals surface area contributed by atoms with E-state index in [-0.39, 0.29) is 11.2 Å². The maximum Gasteiger partial charge on any atom is 0.338 e. The number of hydrogen-bond donors (Lipinski definition) is 2. The average molecular weight is 298 g/mol. The molecule has 2 N–H and O–H groups in total. The van der Waals surface area contributed by atoms with Gasteiger partial charge in [-0.15, -0.1) is 0 Å². The second-order valence-corrected chi connectivity index (χ2v) is 5.61. The molecular weight excluding hydrogens is 282 g/mol. The number of urea groups is 1. The molecule has 0 radical (unpaired) electrons. The highest BCUT2D eigenvalue weighted by Crippen LogP contribution is 2.29. The molecule has 1 aromatic carbocycles. The van der Waals surface area contributed by atoms with Crippen LogP contribution in [0.25, 0.3) is 0 Å². The SMILES string of the molecule is CC1(C)CCCN1C(=O)Nc1cc(C(=O)O)c(F)cc1F. The molecule has 0 aromatic heterocycles. The Bertz CT molecular complexity index is 602. The van der Waals surface area contributed by atoms with E-state index in [1.54, 1.807) is 4.90 Å². The first-order valence-electron chi connectivity index (χ1n) is 6.53. The first kappa shape index (κ1) is 15.2. The number of carboxylic acids is 1. The van der Waals surface area contributed by atoms with Crippen LogP contribution in [-0.4, -0.2) is 34.1 Å². The topological polar surface area (TPSA) is 69.6 Å². The molecule has 0 unspecified atom stereocenters. The van der Waals surface area contributed by atoms with E-state index in [0.717, 1.165) is 18.9 Å². The van der Waals surface area contributed by atoms with Crippen LogP contribution < -0.4 is 5.32 Å². The summed E-state index contributed by atoms with van der Waals surface area (Å²) in [6, 6.07) is 0.710. The Morgan fingerprint density at radius 2 is 1.95 bits per heavy atom. The third-order valence-electron chi connectivity index (χ3n) is 3.67. The minimum atomic E-state index is -1.52. The zero-order valence-corrected chi connectivity index (χ0v) is 11.7. The number of anilines is 1. The van der Waals surface area contributed by atoms with Crippen molar-refractivity contribution >= 4 is 17.7 Å². The van der Waals surface area contributed by atoms with Crippen molar-refractivity contribution in [1.82, 2.24) is 4.90 Å². The molecule has 2 rings (SSSR count). The molecule has 0 atom stereocenters. The van der Waals surface area contributed by atoms with Crippen molar-refractivity contribution in [3.63, 3.8) is 0 Å². The molecule has 1 aliphatic rings. The van der Waals surface area contributed by atoms with Gasteiger partial charge in [0.05, 0.1) is 11.3 Å². The van der Waals surface area contributed by atoms with Gasteiger partial charge in [0.15, 0.2) is 0 Å². The lowest BCUT2D eigenvalue weighted by molar-refractivity contribution is 0.0691. The molecule has 0 spiro atoms. The first-order chi connectivity index (χ1) is 9.72. The van der Waals surface area contributed by atoms with Gasteiger partial charge in [-0.05, 0) is 32.8 Å². The predicted octanol–water partition coefficient (Wildman–Crippen LogP) is 3.07. The maximum atomic E-state index is 13.7. The zero-order chi connectivity index (χ0) is 15.8. The van der Waals surface area contributed by atoms with Crippen molar-refractivity contribution in [2.75, 3.05) is 11.9 Å². The fraction of sp³-hybridized carbons (Fsp3) is 0.429. The molecule has 7 heteroatoms. The number of aromatic carboxylic acids is 1. The van der Waals surface area contributed by atoms with Crippen LogP contribution in [0.5, 0.6) is 0 Å². The van der Waals surface area contributed by atoms with Crippen molar-refractivity contribution in [3.8, 4) is 0 Å². The zero-order valence-electron chi connectivity index (χ0n) is 11.7. The van der Waals surface area contributed by atoms with E-state index in [1.807, 2.05) is 13.8 Å². The van der Waals surface area contributed by atoms with Gasteiger partial charge in [-0.3, -0.25) is 0 Å². The molecular formula is C14H16F2N2O3. The fourth-order valence-corrected chi connectivity index (χ4v) is 2.48. The number of likely N-dealkylation sites (tertiary alicyclic amines) is 1. The second-order valence-electron chi connectivity index (χ2n) is 5.61. The summed E-state index contributed by atoms with van der Waals surface area (Å²) < 4.78 is 27.0. The van der Waals surface area contributed by atoms with Crippen LogP contribution in [-0.2, 0) is 0 Å². The molecule has 2 amide bonds. The number of hydrogen-bond acceptors (Lipinski definition) is 2. The molecule has 21 heavy (non-hydrogen) atoms. The number of benzene rings is 1. The van der Waals surface area contributed by atoms with E-state index in [4.69, 9.17) is 5.11 Å². The van der Waals surface area contributed by atoms with E-state index in [0.29, 0.717) is 12.6 Å². The van der Waals surface area contributed by atoms with Crippen LogP contribution >= 0.6 is 0 Å². The van der Waals surface area contributed by atoms with Gasteiger partial charge in [0.2, 0.25) is 0 Å². The summed E-state index contributed by atoms with van der Waals surface area (Å²) in [5.74, 6) is -3.72. The van der Waals surface area contributed by atoms with Crippen molar-refractivity contribution in [2.24, 2.45) is 0 Å². The summed E-state index contributed by atoms with van der Waals surface area (Å²) in [5, 5.41) is 11.1. The van der Waals surface area contributed by atoms with Crippen LogP contribution in [0, 0.1) is 11.6 Å². The number of amides is 2. The summed E-state index contributed by atoms with van der Waals surface area (Å²) in [6.07, 6.45) is 1.67. The van der Waals surface area contributed by atoms with Crippen molar-refractivity contribution in [3.05, 3.63) is 29.3 Å². The number of nitrogens with one attached hydrogen (secondary N) is 1. The maximum absolute atomic E-state index is 13.7. The molecule has 114 valence electrons. The van der Waals surface area contributed by atoms with Crippen molar-refractivity contribution in [2.45, 2.75) is 32.2 Å². The van der Waals surface area contributed by atoms with E-state index in [2.05, 4.69) is 5.32 Å². The molecule has 0 aliphatic carbocycles. The van der Waals surface area contributed by atoms with Crippen molar-refractivity contribution in [1.29, 1.82) is 0 Å². The highest BCUT2D eigenvalue weighted by molar-refractivity contribution is 5.93. The van der Waals surface area contributed by atoms with Crippen LogP contribution in [0.3, 0.4) is 0 Å². The van der Waals surface area contributed by atoms with Gasteiger partial charge >= 0.3 is 12.0 Å². The van der Waals surface area contributed by atoms with Gasteiger partial charge in [-0.2, -0.15) is 0 Å². The Balaban J connectivity index is 2.25. The smallest absolute Gasteiger partial charge is 0.338 e. The van der Waals surface area contributed by atoms with Gasteiger partial charge in [0.1, 0.15) is 11.6 Å². The Hall–Kier alpha value is -2.18. The summed E-state index contributed by atoms with van der Waals surface area (Å²) in [4.78, 5) is 24.6. The van der Waals surface area contributed by atoms with Gasteiger partial charge in [0.25, 0.3) is 0 Å². The largest absolute Gasteiger partial charge is 0.478 e. The lowest BCUT2D eigenvalue weighted by Gasteiger charge is -2.31. The van der Waals surface area contributed by atoms with Gasteiger partial charge in [-0.25, -0.2) is 18.4 Å². The molecule has 0 bridgehead atoms. The van der Waals surface area contributed by atoms with Crippen LogP contribution in [0.15, 0.2) is 12.1 Å². The standard InChI is InChI=1S/C14H16F2N2O3/c1-14(2)4-3-5-18(14)13(21)17-11-6-8(12(19)20)9(15)7-10(11)16/h6-7H,3-5H2,1-2H3,(H,17,21)(H,19,20). The molecule has 1 heterocycles. The molecule has 5 nitrogen and oxygen atoms in total. The normalized spacial score (nSPS) is 16.9. The highest BCUT2D eigenvalue weighted by Gasteiger charge is 2.35. The Morgan fingerprint density at radius 1 is 1.29 bits per heavy atom. The Morgan fingerprint density at radius 3 is 2.48 bits per heavy atom. The molecule has 1 aromatic rings. The summed E-state index contributed by atoms with van der Waals surface area (Å²) in [7, 11) is 0. The lowest BCUT2D eigenvalue weighted by atomic mass is 10.0. The van der Waals surface area contributed by atoms with E-state index < -0.39 is 29.2 Å². The molecule has 1 aliphatic heterocycles. The number of carboxylic acid groups (broad SMARTS) is 1. The number of nitrogens with zero attached hydrogens (tertiary/aromatic N) is 1. The first-order valence-corrected chi connectivity index (χ1v) is 6.53. The second kappa shape index (κ2) is 5.31. The minimum absolute atomic E-state index is 0.346. The monoisotopic (exact) mass is 298 g/mol. The number of halogens is 2. The Labute approximate surface area is 120 Å². The van der Waals surface area contributed by atoms with E-state index in [1.165, 1.54) is 0 Å². The third-order valence-corrected chi connectivity index (χ3v) is 3.67. The highest BCUT2D eigenvalue weighted by atomic mass is 19.1. The van der Waals surface area contributed by atoms with Gasteiger partial charge in [-0.1, -0.05) is 0 Å². The van der Waals surface area contributed by atoms with Gasteiger partial charge < -0.3 is 15.3 Å².